The van der Waals surface area contributed by atoms with Gasteiger partial charge in [0.1, 0.15) is 0 Å². The van der Waals surface area contributed by atoms with E-state index in [0.29, 0.717) is 5.92 Å². The fourth-order valence-electron chi connectivity index (χ4n) is 4.32. The van der Waals surface area contributed by atoms with E-state index in [0.717, 1.165) is 23.9 Å². The van der Waals surface area contributed by atoms with Gasteiger partial charge < -0.3 is 0 Å². The van der Waals surface area contributed by atoms with Gasteiger partial charge >= 0.3 is 0 Å². The molecule has 118 valence electrons. The molecule has 0 atom stereocenters. The molecule has 1 fully saturated rings. The Kier molecular flexibility index (Phi) is 2.46. The number of aryl methyl sites for hydroxylation is 2. The van der Waals surface area contributed by atoms with Crippen molar-refractivity contribution in [3.05, 3.63) is 53.3 Å². The van der Waals surface area contributed by atoms with Crippen molar-refractivity contribution in [2.24, 2.45) is 0 Å². The first kappa shape index (κ1) is 12.9. The van der Waals surface area contributed by atoms with Gasteiger partial charge in [-0.3, -0.25) is 0 Å². The van der Waals surface area contributed by atoms with Crippen LogP contribution in [0.15, 0.2) is 36.4 Å². The van der Waals surface area contributed by atoms with E-state index in [2.05, 4.69) is 40.9 Å². The standard InChI is InChI=1S/C21H19N3/c1-3-7-17-14(5-1)11-16-19(22-17)12-20(13-9-10-13)24-21(16)15-6-2-4-8-18(15)23-24/h1,3,5,7,11-13H,2,4,6,8-10H2. The molecular weight excluding hydrogens is 294 g/mol. The molecule has 3 nitrogen and oxygen atoms in total. The number of benzene rings is 1. The summed E-state index contributed by atoms with van der Waals surface area (Å²) >= 11 is 0. The topological polar surface area (TPSA) is 30.2 Å². The van der Waals surface area contributed by atoms with Gasteiger partial charge in [0, 0.05) is 27.9 Å². The maximum absolute atomic E-state index is 5.03. The van der Waals surface area contributed by atoms with Crippen LogP contribution in [0.3, 0.4) is 0 Å². The van der Waals surface area contributed by atoms with Crippen LogP contribution in [0, 0.1) is 0 Å². The van der Waals surface area contributed by atoms with Crippen molar-refractivity contribution in [2.75, 3.05) is 0 Å². The lowest BCUT2D eigenvalue weighted by Crippen LogP contribution is -2.00. The Hall–Kier alpha value is -2.42. The highest BCUT2D eigenvalue weighted by atomic mass is 15.2. The van der Waals surface area contributed by atoms with Crippen LogP contribution in [0.25, 0.3) is 27.3 Å². The lowest BCUT2D eigenvalue weighted by Gasteiger charge is -2.11. The summed E-state index contributed by atoms with van der Waals surface area (Å²) in [5, 5.41) is 7.52. The summed E-state index contributed by atoms with van der Waals surface area (Å²) < 4.78 is 2.27. The zero-order valence-corrected chi connectivity index (χ0v) is 13.6. The van der Waals surface area contributed by atoms with Crippen LogP contribution in [-0.4, -0.2) is 14.6 Å². The molecule has 0 N–H and O–H groups in total. The summed E-state index contributed by atoms with van der Waals surface area (Å²) in [4.78, 5) is 4.99. The highest BCUT2D eigenvalue weighted by molar-refractivity contribution is 6.02. The van der Waals surface area contributed by atoms with Gasteiger partial charge in [-0.2, -0.15) is 5.10 Å². The fourth-order valence-corrected chi connectivity index (χ4v) is 4.32. The first-order chi connectivity index (χ1) is 11.9. The minimum absolute atomic E-state index is 0.673. The molecule has 0 aliphatic heterocycles. The third-order valence-electron chi connectivity index (χ3n) is 5.69. The second-order valence-corrected chi connectivity index (χ2v) is 7.35. The van der Waals surface area contributed by atoms with Gasteiger partial charge in [0.05, 0.1) is 22.2 Å². The van der Waals surface area contributed by atoms with E-state index in [1.807, 2.05) is 0 Å². The molecule has 6 rings (SSSR count). The smallest absolute Gasteiger partial charge is 0.0794 e. The number of para-hydroxylation sites is 1. The first-order valence-electron chi connectivity index (χ1n) is 9.11. The average Bonchev–Trinajstić information content (AvgIpc) is 3.39. The number of pyridine rings is 2. The summed E-state index contributed by atoms with van der Waals surface area (Å²) in [6, 6.07) is 13.1. The van der Waals surface area contributed by atoms with Crippen molar-refractivity contribution in [3.8, 4) is 0 Å². The number of hydrogen-bond acceptors (Lipinski definition) is 2. The molecule has 1 saturated carbocycles. The Morgan fingerprint density at radius 1 is 0.958 bits per heavy atom. The Morgan fingerprint density at radius 2 is 1.83 bits per heavy atom. The molecule has 0 radical (unpaired) electrons. The average molecular weight is 313 g/mol. The first-order valence-corrected chi connectivity index (χ1v) is 9.11. The third kappa shape index (κ3) is 1.73. The minimum Gasteiger partial charge on any atom is -0.248 e. The summed E-state index contributed by atoms with van der Waals surface area (Å²) in [6.07, 6.45) is 7.43. The van der Waals surface area contributed by atoms with Gasteiger partial charge in [0.15, 0.2) is 0 Å². The highest BCUT2D eigenvalue weighted by Crippen LogP contribution is 2.43. The Balaban J connectivity index is 1.81. The van der Waals surface area contributed by atoms with Crippen LogP contribution >= 0.6 is 0 Å². The summed E-state index contributed by atoms with van der Waals surface area (Å²) in [5.74, 6) is 0.673. The lowest BCUT2D eigenvalue weighted by atomic mass is 9.95. The van der Waals surface area contributed by atoms with Gasteiger partial charge in [-0.05, 0) is 56.7 Å². The normalized spacial score (nSPS) is 17.7. The van der Waals surface area contributed by atoms with Crippen LogP contribution in [-0.2, 0) is 12.8 Å². The summed E-state index contributed by atoms with van der Waals surface area (Å²) in [7, 11) is 0. The van der Waals surface area contributed by atoms with E-state index in [1.54, 1.807) is 0 Å². The number of hydrogen-bond donors (Lipinski definition) is 0. The van der Waals surface area contributed by atoms with E-state index < -0.39 is 0 Å². The predicted molar refractivity (Wildman–Crippen MR) is 96.6 cm³/mol. The lowest BCUT2D eigenvalue weighted by molar-refractivity contribution is 0.671. The molecule has 3 aromatic heterocycles. The molecule has 0 spiro atoms. The largest absolute Gasteiger partial charge is 0.248 e. The molecule has 2 aliphatic rings. The second-order valence-electron chi connectivity index (χ2n) is 7.35. The van der Waals surface area contributed by atoms with Gasteiger partial charge in [-0.15, -0.1) is 0 Å². The monoisotopic (exact) mass is 313 g/mol. The maximum atomic E-state index is 5.03. The molecule has 3 heterocycles. The molecule has 0 saturated heterocycles. The molecule has 1 aromatic carbocycles. The molecular formula is C21H19N3. The van der Waals surface area contributed by atoms with Gasteiger partial charge in [0.2, 0.25) is 0 Å². The molecule has 0 amide bonds. The molecule has 24 heavy (non-hydrogen) atoms. The van der Waals surface area contributed by atoms with Crippen molar-refractivity contribution >= 4 is 27.3 Å². The molecule has 4 aromatic rings. The SMILES string of the molecule is c1ccc2nc3cc(C4CC4)n4nc5c(c4c3cc2c1)CCCC5. The maximum Gasteiger partial charge on any atom is 0.0794 e. The molecule has 2 aliphatic carbocycles. The van der Waals surface area contributed by atoms with Gasteiger partial charge in [-0.25, -0.2) is 9.50 Å². The van der Waals surface area contributed by atoms with Crippen LogP contribution < -0.4 is 0 Å². The Morgan fingerprint density at radius 3 is 2.75 bits per heavy atom. The minimum atomic E-state index is 0.673. The molecule has 0 unspecified atom stereocenters. The van der Waals surface area contributed by atoms with E-state index in [-0.39, 0.29) is 0 Å². The van der Waals surface area contributed by atoms with Gasteiger partial charge in [0.25, 0.3) is 0 Å². The second kappa shape index (κ2) is 4.56. The van der Waals surface area contributed by atoms with E-state index in [9.17, 15) is 0 Å². The number of fused-ring (bicyclic) bond motifs is 6. The number of nitrogens with zero attached hydrogens (tertiary/aromatic N) is 3. The highest BCUT2D eigenvalue weighted by Gasteiger charge is 2.29. The van der Waals surface area contributed by atoms with Crippen LogP contribution in [0.1, 0.15) is 48.6 Å². The quantitative estimate of drug-likeness (QED) is 0.473. The van der Waals surface area contributed by atoms with Crippen molar-refractivity contribution in [2.45, 2.75) is 44.4 Å². The summed E-state index contributed by atoms with van der Waals surface area (Å²) in [6.45, 7) is 0. The van der Waals surface area contributed by atoms with E-state index in [1.165, 1.54) is 58.9 Å². The van der Waals surface area contributed by atoms with Crippen molar-refractivity contribution in [1.82, 2.24) is 14.6 Å². The fraction of sp³-hybridized carbons (Fsp3) is 0.333. The van der Waals surface area contributed by atoms with Crippen molar-refractivity contribution in [3.63, 3.8) is 0 Å². The van der Waals surface area contributed by atoms with Crippen LogP contribution in [0.2, 0.25) is 0 Å². The van der Waals surface area contributed by atoms with Crippen molar-refractivity contribution < 1.29 is 0 Å². The molecule has 0 bridgehead atoms. The summed E-state index contributed by atoms with van der Waals surface area (Å²) in [5.41, 5.74) is 7.73. The predicted octanol–water partition coefficient (Wildman–Crippen LogP) is 4.79. The molecule has 3 heteroatoms. The van der Waals surface area contributed by atoms with Crippen LogP contribution in [0.4, 0.5) is 0 Å². The van der Waals surface area contributed by atoms with Gasteiger partial charge in [-0.1, -0.05) is 18.2 Å². The number of aromatic nitrogens is 3. The Bertz CT molecular complexity index is 1120. The zero-order valence-electron chi connectivity index (χ0n) is 13.6. The zero-order chi connectivity index (χ0) is 15.7. The van der Waals surface area contributed by atoms with E-state index in [4.69, 9.17) is 10.1 Å². The van der Waals surface area contributed by atoms with Crippen LogP contribution in [0.5, 0.6) is 0 Å². The van der Waals surface area contributed by atoms with Crippen molar-refractivity contribution in [1.29, 1.82) is 0 Å². The van der Waals surface area contributed by atoms with E-state index >= 15 is 0 Å². The number of rotatable bonds is 1. The Labute approximate surface area is 140 Å². The third-order valence-corrected chi connectivity index (χ3v) is 5.69.